The summed E-state index contributed by atoms with van der Waals surface area (Å²) in [6, 6.07) is 0. The third kappa shape index (κ3) is 6.10. The van der Waals surface area contributed by atoms with Crippen molar-refractivity contribution in [3.05, 3.63) is 0 Å². The molecular weight excluding hydrogens is 352 g/mol. The SMILES string of the molecule is CCCC(C)(N)C(=O)N1CCN(CC(=O)N2CC(C)CC(C)C2)CC1.Cl. The van der Waals surface area contributed by atoms with Crippen LogP contribution in [0.3, 0.4) is 0 Å². The van der Waals surface area contributed by atoms with Crippen LogP contribution in [0.1, 0.15) is 47.0 Å². The Bertz CT molecular complexity index is 468. The van der Waals surface area contributed by atoms with E-state index in [0.29, 0.717) is 37.9 Å². The second kappa shape index (κ2) is 9.90. The molecule has 0 bridgehead atoms. The molecule has 2 N–H and O–H groups in total. The lowest BCUT2D eigenvalue weighted by molar-refractivity contribution is -0.139. The van der Waals surface area contributed by atoms with Gasteiger partial charge in [-0.3, -0.25) is 14.5 Å². The van der Waals surface area contributed by atoms with E-state index in [9.17, 15) is 9.59 Å². The van der Waals surface area contributed by atoms with Crippen LogP contribution in [0.4, 0.5) is 0 Å². The minimum Gasteiger partial charge on any atom is -0.341 e. The van der Waals surface area contributed by atoms with Crippen molar-refractivity contribution in [1.82, 2.24) is 14.7 Å². The van der Waals surface area contributed by atoms with Crippen LogP contribution in [-0.4, -0.2) is 77.9 Å². The van der Waals surface area contributed by atoms with Crippen molar-refractivity contribution in [1.29, 1.82) is 0 Å². The molecule has 0 aromatic rings. The van der Waals surface area contributed by atoms with Crippen LogP contribution in [0.2, 0.25) is 0 Å². The summed E-state index contributed by atoms with van der Waals surface area (Å²) in [6.07, 6.45) is 2.82. The first-order valence-electron chi connectivity index (χ1n) is 9.81. The molecule has 2 rings (SSSR count). The lowest BCUT2D eigenvalue weighted by atomic mass is 9.92. The van der Waals surface area contributed by atoms with Gasteiger partial charge in [0.1, 0.15) is 0 Å². The molecule has 152 valence electrons. The fourth-order valence-electron chi connectivity index (χ4n) is 4.25. The van der Waals surface area contributed by atoms with Crippen LogP contribution < -0.4 is 5.73 Å². The van der Waals surface area contributed by atoms with E-state index in [2.05, 4.69) is 18.7 Å². The minimum absolute atomic E-state index is 0. The van der Waals surface area contributed by atoms with E-state index in [1.54, 1.807) is 0 Å². The fraction of sp³-hybridized carbons (Fsp3) is 0.895. The monoisotopic (exact) mass is 388 g/mol. The molecule has 2 saturated heterocycles. The minimum atomic E-state index is -0.771. The molecule has 2 heterocycles. The highest BCUT2D eigenvalue weighted by Gasteiger charge is 2.34. The third-order valence-electron chi connectivity index (χ3n) is 5.50. The summed E-state index contributed by atoms with van der Waals surface area (Å²) in [5, 5.41) is 0. The van der Waals surface area contributed by atoms with Crippen molar-refractivity contribution >= 4 is 24.2 Å². The van der Waals surface area contributed by atoms with Gasteiger partial charge in [-0.05, 0) is 31.6 Å². The summed E-state index contributed by atoms with van der Waals surface area (Å²) in [5.41, 5.74) is 5.40. The Morgan fingerprint density at radius 1 is 1.04 bits per heavy atom. The van der Waals surface area contributed by atoms with Gasteiger partial charge in [-0.15, -0.1) is 12.4 Å². The van der Waals surface area contributed by atoms with E-state index in [-0.39, 0.29) is 24.2 Å². The van der Waals surface area contributed by atoms with Crippen LogP contribution in [0.5, 0.6) is 0 Å². The van der Waals surface area contributed by atoms with Gasteiger partial charge < -0.3 is 15.5 Å². The van der Waals surface area contributed by atoms with Crippen molar-refractivity contribution in [2.24, 2.45) is 17.6 Å². The Morgan fingerprint density at radius 3 is 2.08 bits per heavy atom. The Labute approximate surface area is 164 Å². The van der Waals surface area contributed by atoms with Crippen LogP contribution >= 0.6 is 12.4 Å². The zero-order valence-electron chi connectivity index (χ0n) is 16.9. The normalized spacial score (nSPS) is 26.8. The largest absolute Gasteiger partial charge is 0.341 e. The summed E-state index contributed by atoms with van der Waals surface area (Å²) >= 11 is 0. The lowest BCUT2D eigenvalue weighted by Gasteiger charge is -2.40. The molecule has 2 fully saturated rings. The number of rotatable bonds is 5. The van der Waals surface area contributed by atoms with Gasteiger partial charge in [-0.1, -0.05) is 27.2 Å². The number of hydrogen-bond acceptors (Lipinski definition) is 4. The molecule has 7 heteroatoms. The van der Waals surface area contributed by atoms with E-state index in [1.165, 1.54) is 6.42 Å². The standard InChI is InChI=1S/C19H36N4O2.ClH/c1-5-6-19(4,20)18(25)22-9-7-21(8-10-22)14-17(24)23-12-15(2)11-16(3)13-23;/h15-16H,5-14,20H2,1-4H3;1H. The molecule has 0 spiro atoms. The van der Waals surface area contributed by atoms with E-state index < -0.39 is 5.54 Å². The number of carbonyl (C=O) groups is 2. The first-order valence-corrected chi connectivity index (χ1v) is 9.81. The Morgan fingerprint density at radius 2 is 1.58 bits per heavy atom. The van der Waals surface area contributed by atoms with Gasteiger partial charge in [0.15, 0.2) is 0 Å². The summed E-state index contributed by atoms with van der Waals surface area (Å²) in [4.78, 5) is 31.2. The molecular formula is C19H37ClN4O2. The molecule has 0 aromatic carbocycles. The van der Waals surface area contributed by atoms with Crippen molar-refractivity contribution in [3.8, 4) is 0 Å². The van der Waals surface area contributed by atoms with Crippen LogP contribution in [0, 0.1) is 11.8 Å². The average Bonchev–Trinajstić information content (AvgIpc) is 2.54. The molecule has 0 saturated carbocycles. The van der Waals surface area contributed by atoms with Crippen molar-refractivity contribution in [2.45, 2.75) is 52.5 Å². The van der Waals surface area contributed by atoms with E-state index in [4.69, 9.17) is 5.73 Å². The number of piperazine rings is 1. The van der Waals surface area contributed by atoms with E-state index in [0.717, 1.165) is 32.6 Å². The number of hydrogen-bond donors (Lipinski definition) is 1. The first kappa shape index (κ1) is 23.2. The summed E-state index contributed by atoms with van der Waals surface area (Å²) in [5.74, 6) is 1.44. The van der Waals surface area contributed by atoms with E-state index >= 15 is 0 Å². The van der Waals surface area contributed by atoms with Crippen LogP contribution in [0.25, 0.3) is 0 Å². The van der Waals surface area contributed by atoms with Gasteiger partial charge in [-0.2, -0.15) is 0 Å². The molecule has 0 radical (unpaired) electrons. The number of carbonyl (C=O) groups excluding carboxylic acids is 2. The second-order valence-corrected chi connectivity index (χ2v) is 8.48. The molecule has 26 heavy (non-hydrogen) atoms. The Kier molecular flexibility index (Phi) is 8.83. The van der Waals surface area contributed by atoms with Gasteiger partial charge in [-0.25, -0.2) is 0 Å². The molecule has 3 unspecified atom stereocenters. The van der Waals surface area contributed by atoms with Gasteiger partial charge in [0.2, 0.25) is 11.8 Å². The fourth-order valence-corrected chi connectivity index (χ4v) is 4.25. The molecule has 0 aromatic heterocycles. The number of nitrogens with two attached hydrogens (primary N) is 1. The van der Waals surface area contributed by atoms with Gasteiger partial charge in [0.05, 0.1) is 12.1 Å². The Balaban J connectivity index is 0.00000338. The molecule has 2 amide bonds. The third-order valence-corrected chi connectivity index (χ3v) is 5.50. The summed E-state index contributed by atoms with van der Waals surface area (Å²) < 4.78 is 0. The number of halogens is 1. The van der Waals surface area contributed by atoms with Crippen LogP contribution in [0.15, 0.2) is 0 Å². The number of nitrogens with zero attached hydrogens (tertiary/aromatic N) is 3. The average molecular weight is 389 g/mol. The zero-order chi connectivity index (χ0) is 18.6. The molecule has 2 aliphatic rings. The van der Waals surface area contributed by atoms with Gasteiger partial charge >= 0.3 is 0 Å². The Hall–Kier alpha value is -0.850. The maximum Gasteiger partial charge on any atom is 0.242 e. The smallest absolute Gasteiger partial charge is 0.242 e. The molecule has 2 aliphatic heterocycles. The summed E-state index contributed by atoms with van der Waals surface area (Å²) in [6.45, 7) is 13.4. The highest BCUT2D eigenvalue weighted by molar-refractivity contribution is 5.86. The van der Waals surface area contributed by atoms with E-state index in [1.807, 2.05) is 23.6 Å². The molecule has 6 nitrogen and oxygen atoms in total. The van der Waals surface area contributed by atoms with Crippen molar-refractivity contribution in [3.63, 3.8) is 0 Å². The maximum absolute atomic E-state index is 12.6. The second-order valence-electron chi connectivity index (χ2n) is 8.48. The molecule has 3 atom stereocenters. The zero-order valence-corrected chi connectivity index (χ0v) is 17.7. The van der Waals surface area contributed by atoms with Gasteiger partial charge in [0, 0.05) is 39.3 Å². The number of likely N-dealkylation sites (tertiary alicyclic amines) is 1. The first-order chi connectivity index (χ1) is 11.7. The summed E-state index contributed by atoms with van der Waals surface area (Å²) in [7, 11) is 0. The lowest BCUT2D eigenvalue weighted by Crippen LogP contribution is -2.59. The van der Waals surface area contributed by atoms with Crippen molar-refractivity contribution in [2.75, 3.05) is 45.8 Å². The van der Waals surface area contributed by atoms with Gasteiger partial charge in [0.25, 0.3) is 0 Å². The predicted molar refractivity (Wildman–Crippen MR) is 107 cm³/mol. The number of piperidine rings is 1. The topological polar surface area (TPSA) is 69.9 Å². The maximum atomic E-state index is 12.6. The quantitative estimate of drug-likeness (QED) is 0.776. The van der Waals surface area contributed by atoms with Crippen LogP contribution in [-0.2, 0) is 9.59 Å². The predicted octanol–water partition coefficient (Wildman–Crippen LogP) is 1.57. The highest BCUT2D eigenvalue weighted by atomic mass is 35.5. The van der Waals surface area contributed by atoms with Crippen molar-refractivity contribution < 1.29 is 9.59 Å². The number of amides is 2. The molecule has 0 aliphatic carbocycles. The highest BCUT2D eigenvalue weighted by Crippen LogP contribution is 2.21.